The van der Waals surface area contributed by atoms with Crippen molar-refractivity contribution in [2.45, 2.75) is 31.3 Å². The van der Waals surface area contributed by atoms with Crippen LogP contribution in [-0.4, -0.2) is 36.1 Å². The van der Waals surface area contributed by atoms with Gasteiger partial charge >= 0.3 is 0 Å². The number of aliphatic hydroxyl groups is 1. The number of aromatic nitrogens is 2. The molecule has 2 rings (SSSR count). The molecule has 110 valence electrons. The zero-order valence-electron chi connectivity index (χ0n) is 11.5. The van der Waals surface area contributed by atoms with Crippen molar-refractivity contribution in [1.82, 2.24) is 14.7 Å². The van der Waals surface area contributed by atoms with E-state index in [-0.39, 0.29) is 17.4 Å². The minimum absolute atomic E-state index is 0.00424. The van der Waals surface area contributed by atoms with Crippen LogP contribution in [0.5, 0.6) is 0 Å². The lowest BCUT2D eigenvalue weighted by atomic mass is 10.0. The van der Waals surface area contributed by atoms with Crippen LogP contribution in [0.1, 0.15) is 20.3 Å². The molecule has 20 heavy (non-hydrogen) atoms. The first-order valence-corrected chi connectivity index (χ1v) is 8.04. The van der Waals surface area contributed by atoms with E-state index in [1.54, 1.807) is 18.3 Å². The Morgan fingerprint density at radius 2 is 2.25 bits per heavy atom. The van der Waals surface area contributed by atoms with E-state index < -0.39 is 16.1 Å². The number of fused-ring (bicyclic) bond motifs is 1. The lowest BCUT2D eigenvalue weighted by molar-refractivity contribution is 0.118. The lowest BCUT2D eigenvalue weighted by Gasteiger charge is -2.17. The molecule has 0 amide bonds. The lowest BCUT2D eigenvalue weighted by Crippen LogP contribution is -2.35. The van der Waals surface area contributed by atoms with E-state index in [1.807, 2.05) is 13.8 Å². The highest BCUT2D eigenvalue weighted by Gasteiger charge is 2.21. The van der Waals surface area contributed by atoms with Gasteiger partial charge in [0, 0.05) is 24.3 Å². The number of aliphatic hydroxyl groups excluding tert-OH is 1. The normalized spacial score (nSPS) is 15.3. The molecular formula is C13H19N3O3S. The molecule has 2 aromatic rings. The summed E-state index contributed by atoms with van der Waals surface area (Å²) in [5.74, 6) is 0.0438. The fourth-order valence-corrected chi connectivity index (χ4v) is 3.11. The van der Waals surface area contributed by atoms with Crippen LogP contribution < -0.4 is 4.72 Å². The first-order chi connectivity index (χ1) is 9.45. The monoisotopic (exact) mass is 297 g/mol. The van der Waals surface area contributed by atoms with Crippen LogP contribution in [0.25, 0.3) is 11.0 Å². The van der Waals surface area contributed by atoms with Crippen LogP contribution in [-0.2, 0) is 10.0 Å². The van der Waals surface area contributed by atoms with Gasteiger partial charge < -0.3 is 10.1 Å². The van der Waals surface area contributed by atoms with Gasteiger partial charge in [-0.2, -0.15) is 0 Å². The van der Waals surface area contributed by atoms with Crippen molar-refractivity contribution in [2.24, 2.45) is 5.92 Å². The SMILES string of the molecule is CCC(C)C(O)CNS(=O)(=O)c1c[nH]c2ncccc12. The van der Waals surface area contributed by atoms with Gasteiger partial charge in [-0.1, -0.05) is 20.3 Å². The number of nitrogens with zero attached hydrogens (tertiary/aromatic N) is 1. The van der Waals surface area contributed by atoms with E-state index in [9.17, 15) is 13.5 Å². The fraction of sp³-hybridized carbons (Fsp3) is 0.462. The summed E-state index contributed by atoms with van der Waals surface area (Å²) in [6.07, 6.45) is 3.10. The van der Waals surface area contributed by atoms with Crippen LogP contribution in [0.2, 0.25) is 0 Å². The van der Waals surface area contributed by atoms with Gasteiger partial charge in [0.15, 0.2) is 0 Å². The molecule has 0 saturated carbocycles. The second-order valence-electron chi connectivity index (χ2n) is 4.86. The molecule has 0 fully saturated rings. The van der Waals surface area contributed by atoms with E-state index in [2.05, 4.69) is 14.7 Å². The van der Waals surface area contributed by atoms with E-state index in [1.165, 1.54) is 6.20 Å². The fourth-order valence-electron chi connectivity index (χ4n) is 1.90. The summed E-state index contributed by atoms with van der Waals surface area (Å²) >= 11 is 0. The smallest absolute Gasteiger partial charge is 0.242 e. The Hall–Kier alpha value is -1.44. The van der Waals surface area contributed by atoms with Crippen LogP contribution in [0.15, 0.2) is 29.4 Å². The molecule has 7 heteroatoms. The van der Waals surface area contributed by atoms with Gasteiger partial charge in [-0.3, -0.25) is 0 Å². The Morgan fingerprint density at radius 3 is 2.95 bits per heavy atom. The molecule has 2 heterocycles. The summed E-state index contributed by atoms with van der Waals surface area (Å²) in [5, 5.41) is 10.4. The minimum Gasteiger partial charge on any atom is -0.391 e. The Morgan fingerprint density at radius 1 is 1.50 bits per heavy atom. The van der Waals surface area contributed by atoms with Crippen molar-refractivity contribution in [1.29, 1.82) is 0 Å². The van der Waals surface area contributed by atoms with Crippen molar-refractivity contribution in [2.75, 3.05) is 6.54 Å². The zero-order valence-corrected chi connectivity index (χ0v) is 12.3. The van der Waals surface area contributed by atoms with Gasteiger partial charge in [0.2, 0.25) is 10.0 Å². The van der Waals surface area contributed by atoms with Crippen LogP contribution in [0, 0.1) is 5.92 Å². The summed E-state index contributed by atoms with van der Waals surface area (Å²) in [6.45, 7) is 3.84. The molecule has 0 aliphatic rings. The van der Waals surface area contributed by atoms with E-state index in [0.29, 0.717) is 11.0 Å². The summed E-state index contributed by atoms with van der Waals surface area (Å²) in [4.78, 5) is 7.03. The van der Waals surface area contributed by atoms with Crippen molar-refractivity contribution in [3.05, 3.63) is 24.5 Å². The van der Waals surface area contributed by atoms with Gasteiger partial charge in [-0.25, -0.2) is 18.1 Å². The number of H-pyrrole nitrogens is 1. The third-order valence-electron chi connectivity index (χ3n) is 3.49. The molecule has 6 nitrogen and oxygen atoms in total. The van der Waals surface area contributed by atoms with Crippen LogP contribution in [0.3, 0.4) is 0 Å². The van der Waals surface area contributed by atoms with Crippen molar-refractivity contribution in [3.63, 3.8) is 0 Å². The van der Waals surface area contributed by atoms with Gasteiger partial charge in [-0.15, -0.1) is 0 Å². The number of hydrogen-bond acceptors (Lipinski definition) is 4. The quantitative estimate of drug-likeness (QED) is 0.747. The number of hydrogen-bond donors (Lipinski definition) is 3. The summed E-state index contributed by atoms with van der Waals surface area (Å²) < 4.78 is 26.9. The summed E-state index contributed by atoms with van der Waals surface area (Å²) in [5.41, 5.74) is 0.523. The van der Waals surface area contributed by atoms with Gasteiger partial charge in [0.1, 0.15) is 10.5 Å². The van der Waals surface area contributed by atoms with E-state index >= 15 is 0 Å². The van der Waals surface area contributed by atoms with Crippen molar-refractivity contribution in [3.8, 4) is 0 Å². The number of sulfonamides is 1. The van der Waals surface area contributed by atoms with Crippen LogP contribution >= 0.6 is 0 Å². The van der Waals surface area contributed by atoms with Gasteiger partial charge in [0.25, 0.3) is 0 Å². The third-order valence-corrected chi connectivity index (χ3v) is 4.95. The molecular weight excluding hydrogens is 278 g/mol. The Bertz CT molecular complexity index is 681. The molecule has 0 aliphatic heterocycles. The standard InChI is InChI=1S/C13H19N3O3S/c1-3-9(2)11(17)7-16-20(18,19)12-8-15-13-10(12)5-4-6-14-13/h4-6,8-9,11,16-17H,3,7H2,1-2H3,(H,14,15). The number of nitrogens with one attached hydrogen (secondary N) is 2. The van der Waals surface area contributed by atoms with E-state index in [4.69, 9.17) is 0 Å². The first kappa shape index (κ1) is 15.0. The Balaban J connectivity index is 2.19. The van der Waals surface area contributed by atoms with E-state index in [0.717, 1.165) is 6.42 Å². The number of pyridine rings is 1. The Labute approximate surface area is 118 Å². The molecule has 0 aliphatic carbocycles. The molecule has 0 aromatic carbocycles. The van der Waals surface area contributed by atoms with Gasteiger partial charge in [-0.05, 0) is 18.1 Å². The predicted molar refractivity (Wildman–Crippen MR) is 76.7 cm³/mol. The van der Waals surface area contributed by atoms with Crippen molar-refractivity contribution < 1.29 is 13.5 Å². The molecule has 2 aromatic heterocycles. The van der Waals surface area contributed by atoms with Gasteiger partial charge in [0.05, 0.1) is 6.10 Å². The topological polar surface area (TPSA) is 95.1 Å². The second kappa shape index (κ2) is 5.90. The maximum Gasteiger partial charge on any atom is 0.242 e. The Kier molecular flexibility index (Phi) is 4.42. The molecule has 0 saturated heterocycles. The predicted octanol–water partition coefficient (Wildman–Crippen LogP) is 1.25. The zero-order chi connectivity index (χ0) is 14.8. The summed E-state index contributed by atoms with van der Waals surface area (Å²) in [7, 11) is -3.66. The highest BCUT2D eigenvalue weighted by Crippen LogP contribution is 2.20. The second-order valence-corrected chi connectivity index (χ2v) is 6.59. The third kappa shape index (κ3) is 3.00. The molecule has 0 radical (unpaired) electrons. The average molecular weight is 297 g/mol. The largest absolute Gasteiger partial charge is 0.391 e. The highest BCUT2D eigenvalue weighted by molar-refractivity contribution is 7.89. The minimum atomic E-state index is -3.66. The maximum absolute atomic E-state index is 12.3. The molecule has 0 bridgehead atoms. The molecule has 2 unspecified atom stereocenters. The average Bonchev–Trinajstić information content (AvgIpc) is 2.88. The van der Waals surface area contributed by atoms with Crippen molar-refractivity contribution >= 4 is 21.1 Å². The highest BCUT2D eigenvalue weighted by atomic mass is 32.2. The first-order valence-electron chi connectivity index (χ1n) is 6.55. The molecule has 3 N–H and O–H groups in total. The molecule has 0 spiro atoms. The molecule has 2 atom stereocenters. The number of aromatic amines is 1. The van der Waals surface area contributed by atoms with Crippen LogP contribution in [0.4, 0.5) is 0 Å². The number of rotatable bonds is 6. The maximum atomic E-state index is 12.3. The summed E-state index contributed by atoms with van der Waals surface area (Å²) in [6, 6.07) is 3.38.